The SMILES string of the molecule is C[C@@H]1CCCN(C(=O)c2ccc(CN)cc2)C1. The lowest BCUT2D eigenvalue weighted by Gasteiger charge is -2.31. The fourth-order valence-electron chi connectivity index (χ4n) is 2.34. The Balaban J connectivity index is 2.07. The van der Waals surface area contributed by atoms with E-state index in [2.05, 4.69) is 6.92 Å². The Morgan fingerprint density at radius 1 is 1.41 bits per heavy atom. The Morgan fingerprint density at radius 2 is 2.12 bits per heavy atom. The first-order valence-corrected chi connectivity index (χ1v) is 6.29. The average molecular weight is 232 g/mol. The lowest BCUT2D eigenvalue weighted by atomic mass is 9.99. The molecule has 0 spiro atoms. The summed E-state index contributed by atoms with van der Waals surface area (Å²) in [4.78, 5) is 14.2. The van der Waals surface area contributed by atoms with Crippen molar-refractivity contribution >= 4 is 5.91 Å². The van der Waals surface area contributed by atoms with E-state index in [-0.39, 0.29) is 5.91 Å². The molecule has 3 nitrogen and oxygen atoms in total. The minimum Gasteiger partial charge on any atom is -0.338 e. The second-order valence-corrected chi connectivity index (χ2v) is 4.90. The van der Waals surface area contributed by atoms with Crippen LogP contribution in [0.4, 0.5) is 0 Å². The zero-order valence-corrected chi connectivity index (χ0v) is 10.4. The monoisotopic (exact) mass is 232 g/mol. The Morgan fingerprint density at radius 3 is 2.71 bits per heavy atom. The summed E-state index contributed by atoms with van der Waals surface area (Å²) in [6, 6.07) is 7.62. The molecule has 3 heteroatoms. The van der Waals surface area contributed by atoms with Gasteiger partial charge in [0.15, 0.2) is 0 Å². The van der Waals surface area contributed by atoms with E-state index in [1.54, 1.807) is 0 Å². The summed E-state index contributed by atoms with van der Waals surface area (Å²) in [6.07, 6.45) is 2.35. The molecule has 92 valence electrons. The fourth-order valence-corrected chi connectivity index (χ4v) is 2.34. The first-order valence-electron chi connectivity index (χ1n) is 6.29. The van der Waals surface area contributed by atoms with Crippen molar-refractivity contribution in [1.82, 2.24) is 4.90 Å². The smallest absolute Gasteiger partial charge is 0.253 e. The van der Waals surface area contributed by atoms with Gasteiger partial charge in [0.2, 0.25) is 0 Å². The predicted octanol–water partition coefficient (Wildman–Crippen LogP) is 2.02. The van der Waals surface area contributed by atoms with Crippen molar-refractivity contribution in [1.29, 1.82) is 0 Å². The molecule has 1 heterocycles. The van der Waals surface area contributed by atoms with Gasteiger partial charge in [0.25, 0.3) is 5.91 Å². The summed E-state index contributed by atoms with van der Waals surface area (Å²) >= 11 is 0. The third kappa shape index (κ3) is 2.86. The second-order valence-electron chi connectivity index (χ2n) is 4.90. The summed E-state index contributed by atoms with van der Waals surface area (Å²) in [5.74, 6) is 0.774. The number of nitrogens with zero attached hydrogens (tertiary/aromatic N) is 1. The Hall–Kier alpha value is -1.35. The van der Waals surface area contributed by atoms with Crippen LogP contribution in [0, 0.1) is 5.92 Å². The highest BCUT2D eigenvalue weighted by Crippen LogP contribution is 2.18. The van der Waals surface area contributed by atoms with Crippen molar-refractivity contribution in [3.8, 4) is 0 Å². The third-order valence-electron chi connectivity index (χ3n) is 3.38. The first-order chi connectivity index (χ1) is 8.20. The molecule has 0 radical (unpaired) electrons. The minimum absolute atomic E-state index is 0.153. The van der Waals surface area contributed by atoms with E-state index in [0.29, 0.717) is 12.5 Å². The van der Waals surface area contributed by atoms with Crippen molar-refractivity contribution in [2.75, 3.05) is 13.1 Å². The van der Waals surface area contributed by atoms with Gasteiger partial charge in [0, 0.05) is 25.2 Å². The minimum atomic E-state index is 0.153. The Labute approximate surface area is 103 Å². The number of rotatable bonds is 2. The quantitative estimate of drug-likeness (QED) is 0.848. The van der Waals surface area contributed by atoms with Crippen LogP contribution in [0.25, 0.3) is 0 Å². The van der Waals surface area contributed by atoms with Gasteiger partial charge in [-0.15, -0.1) is 0 Å². The molecule has 1 saturated heterocycles. The maximum Gasteiger partial charge on any atom is 0.253 e. The molecule has 0 aromatic heterocycles. The topological polar surface area (TPSA) is 46.3 Å². The van der Waals surface area contributed by atoms with Crippen LogP contribution >= 0.6 is 0 Å². The van der Waals surface area contributed by atoms with Gasteiger partial charge in [0.1, 0.15) is 0 Å². The molecule has 0 unspecified atom stereocenters. The average Bonchev–Trinajstić information content (AvgIpc) is 2.38. The molecule has 2 rings (SSSR count). The lowest BCUT2D eigenvalue weighted by Crippen LogP contribution is -2.39. The van der Waals surface area contributed by atoms with Crippen LogP contribution in [0.1, 0.15) is 35.7 Å². The highest BCUT2D eigenvalue weighted by atomic mass is 16.2. The van der Waals surface area contributed by atoms with Gasteiger partial charge >= 0.3 is 0 Å². The van der Waals surface area contributed by atoms with Crippen LogP contribution in [0.5, 0.6) is 0 Å². The van der Waals surface area contributed by atoms with Crippen LogP contribution < -0.4 is 5.73 Å². The molecule has 0 saturated carbocycles. The van der Waals surface area contributed by atoms with E-state index < -0.39 is 0 Å². The van der Waals surface area contributed by atoms with Gasteiger partial charge < -0.3 is 10.6 Å². The molecule has 1 aromatic carbocycles. The van der Waals surface area contributed by atoms with Gasteiger partial charge in [-0.2, -0.15) is 0 Å². The number of likely N-dealkylation sites (tertiary alicyclic amines) is 1. The molecule has 1 atom stereocenters. The molecule has 1 amide bonds. The van der Waals surface area contributed by atoms with Crippen LogP contribution in [0.3, 0.4) is 0 Å². The molecule has 17 heavy (non-hydrogen) atoms. The number of piperidine rings is 1. The lowest BCUT2D eigenvalue weighted by molar-refractivity contribution is 0.0683. The molecule has 0 aliphatic carbocycles. The first kappa shape index (κ1) is 12.1. The third-order valence-corrected chi connectivity index (χ3v) is 3.38. The van der Waals surface area contributed by atoms with Gasteiger partial charge in [-0.05, 0) is 36.5 Å². The maximum atomic E-state index is 12.2. The molecule has 1 aromatic rings. The standard InChI is InChI=1S/C14H20N2O/c1-11-3-2-8-16(10-11)14(17)13-6-4-12(9-15)5-7-13/h4-7,11H,2-3,8-10,15H2,1H3/t11-/m1/s1. The van der Waals surface area contributed by atoms with E-state index >= 15 is 0 Å². The van der Waals surface area contributed by atoms with Crippen LogP contribution in [0.15, 0.2) is 24.3 Å². The van der Waals surface area contributed by atoms with E-state index in [4.69, 9.17) is 5.73 Å². The normalized spacial score (nSPS) is 20.4. The van der Waals surface area contributed by atoms with Crippen LogP contribution in [-0.2, 0) is 6.54 Å². The molecule has 1 aliphatic heterocycles. The highest BCUT2D eigenvalue weighted by molar-refractivity contribution is 5.94. The van der Waals surface area contributed by atoms with Crippen molar-refractivity contribution in [2.45, 2.75) is 26.3 Å². The van der Waals surface area contributed by atoms with Gasteiger partial charge in [0.05, 0.1) is 0 Å². The second kappa shape index (κ2) is 5.32. The van der Waals surface area contributed by atoms with E-state index in [9.17, 15) is 4.79 Å². The van der Waals surface area contributed by atoms with Crippen LogP contribution in [-0.4, -0.2) is 23.9 Å². The summed E-state index contributed by atoms with van der Waals surface area (Å²) in [5, 5.41) is 0. The van der Waals surface area contributed by atoms with E-state index in [1.165, 1.54) is 6.42 Å². The number of amides is 1. The molecular formula is C14H20N2O. The molecular weight excluding hydrogens is 212 g/mol. The number of benzene rings is 1. The summed E-state index contributed by atoms with van der Waals surface area (Å²) in [5.41, 5.74) is 7.38. The summed E-state index contributed by atoms with van der Waals surface area (Å²) < 4.78 is 0. The zero-order chi connectivity index (χ0) is 12.3. The van der Waals surface area contributed by atoms with Gasteiger partial charge in [-0.3, -0.25) is 4.79 Å². The number of carbonyl (C=O) groups is 1. The van der Waals surface area contributed by atoms with Crippen molar-refractivity contribution < 1.29 is 4.79 Å². The fraction of sp³-hybridized carbons (Fsp3) is 0.500. The number of hydrogen-bond donors (Lipinski definition) is 1. The van der Waals surface area contributed by atoms with Crippen molar-refractivity contribution in [2.24, 2.45) is 11.7 Å². The number of hydrogen-bond acceptors (Lipinski definition) is 2. The van der Waals surface area contributed by atoms with E-state index in [0.717, 1.165) is 30.6 Å². The largest absolute Gasteiger partial charge is 0.338 e. The van der Waals surface area contributed by atoms with Gasteiger partial charge in [-0.25, -0.2) is 0 Å². The zero-order valence-electron chi connectivity index (χ0n) is 10.4. The molecule has 1 aliphatic rings. The van der Waals surface area contributed by atoms with Crippen molar-refractivity contribution in [3.05, 3.63) is 35.4 Å². The Kier molecular flexibility index (Phi) is 3.79. The molecule has 2 N–H and O–H groups in total. The summed E-state index contributed by atoms with van der Waals surface area (Å²) in [7, 11) is 0. The number of nitrogens with two attached hydrogens (primary N) is 1. The van der Waals surface area contributed by atoms with Gasteiger partial charge in [-0.1, -0.05) is 19.1 Å². The molecule has 0 bridgehead atoms. The highest BCUT2D eigenvalue weighted by Gasteiger charge is 2.21. The van der Waals surface area contributed by atoms with E-state index in [1.807, 2.05) is 29.2 Å². The Bertz CT molecular complexity index is 386. The van der Waals surface area contributed by atoms with Crippen LogP contribution in [0.2, 0.25) is 0 Å². The number of carbonyl (C=O) groups excluding carboxylic acids is 1. The summed E-state index contributed by atoms with van der Waals surface area (Å²) in [6.45, 7) is 4.51. The molecule has 1 fully saturated rings. The predicted molar refractivity (Wildman–Crippen MR) is 68.6 cm³/mol. The van der Waals surface area contributed by atoms with Crippen molar-refractivity contribution in [3.63, 3.8) is 0 Å². The maximum absolute atomic E-state index is 12.2.